The van der Waals surface area contributed by atoms with Crippen molar-refractivity contribution in [3.05, 3.63) is 36.5 Å². The fraction of sp³-hybridized carbons (Fsp3) is 0.727. The number of ether oxygens (including phenoxy) is 2. The number of hydrogen-bond donors (Lipinski definition) is 0. The third-order valence-corrected chi connectivity index (χ3v) is 8.08. The van der Waals surface area contributed by atoms with E-state index in [2.05, 4.69) is 36.5 Å². The van der Waals surface area contributed by atoms with Crippen LogP contribution in [0.1, 0.15) is 64.2 Å². The van der Waals surface area contributed by atoms with Gasteiger partial charge in [-0.15, -0.1) is 0 Å². The predicted octanol–water partition coefficient (Wildman–Crippen LogP) is 4.86. The number of allylic oxidation sites excluding steroid dienone is 3. The second kappa shape index (κ2) is 4.45. The van der Waals surface area contributed by atoms with Crippen LogP contribution in [0.4, 0.5) is 0 Å². The van der Waals surface area contributed by atoms with Gasteiger partial charge < -0.3 is 9.47 Å². The largest absolute Gasteiger partial charge is 0.361 e. The van der Waals surface area contributed by atoms with E-state index in [9.17, 15) is 0 Å². The molecule has 0 amide bonds. The van der Waals surface area contributed by atoms with E-state index in [4.69, 9.17) is 9.47 Å². The number of rotatable bonds is 1. The van der Waals surface area contributed by atoms with Gasteiger partial charge in [0.25, 0.3) is 0 Å². The molecule has 2 heteroatoms. The molecule has 2 saturated heterocycles. The summed E-state index contributed by atoms with van der Waals surface area (Å²) in [6.07, 6.45) is 27.6. The highest BCUT2D eigenvalue weighted by Crippen LogP contribution is 2.66. The maximum Gasteiger partial charge on any atom is 0.135 e. The zero-order chi connectivity index (χ0) is 15.9. The lowest BCUT2D eigenvalue weighted by atomic mass is 9.66. The van der Waals surface area contributed by atoms with Gasteiger partial charge >= 0.3 is 0 Å². The van der Waals surface area contributed by atoms with Gasteiger partial charge in [0.15, 0.2) is 0 Å². The molecule has 4 spiro atoms. The summed E-state index contributed by atoms with van der Waals surface area (Å²) < 4.78 is 12.6. The molecule has 6 aliphatic rings. The lowest BCUT2D eigenvalue weighted by Crippen LogP contribution is -2.34. The van der Waals surface area contributed by atoms with Crippen molar-refractivity contribution in [2.24, 2.45) is 11.3 Å². The van der Waals surface area contributed by atoms with Crippen LogP contribution in [0.15, 0.2) is 36.5 Å². The molecule has 6 rings (SSSR count). The van der Waals surface area contributed by atoms with Crippen LogP contribution in [0.25, 0.3) is 0 Å². The van der Waals surface area contributed by atoms with Crippen molar-refractivity contribution in [2.75, 3.05) is 0 Å². The third kappa shape index (κ3) is 1.79. The molecule has 2 heterocycles. The van der Waals surface area contributed by atoms with E-state index >= 15 is 0 Å². The fourth-order valence-corrected chi connectivity index (χ4v) is 6.51. The summed E-state index contributed by atoms with van der Waals surface area (Å²) >= 11 is 0. The van der Waals surface area contributed by atoms with Crippen molar-refractivity contribution >= 4 is 0 Å². The minimum atomic E-state index is -0.0324. The molecule has 2 nitrogen and oxygen atoms in total. The first-order valence-electron chi connectivity index (χ1n) is 10.1. The van der Waals surface area contributed by atoms with Crippen LogP contribution >= 0.6 is 0 Å². The highest BCUT2D eigenvalue weighted by molar-refractivity contribution is 5.42. The molecule has 128 valence electrons. The van der Waals surface area contributed by atoms with Crippen LogP contribution in [0.3, 0.4) is 0 Å². The SMILES string of the molecule is C1=CC2(C=C1)OC21CCC2(C=CC3(C2)OC3C2CCCCC2)CC1. The zero-order valence-corrected chi connectivity index (χ0v) is 14.5. The molecule has 4 fully saturated rings. The Morgan fingerprint density at radius 1 is 0.792 bits per heavy atom. The summed E-state index contributed by atoms with van der Waals surface area (Å²) in [7, 11) is 0. The van der Waals surface area contributed by atoms with E-state index in [-0.39, 0.29) is 16.8 Å². The van der Waals surface area contributed by atoms with Gasteiger partial charge in [-0.05, 0) is 68.4 Å². The molecule has 0 aromatic carbocycles. The van der Waals surface area contributed by atoms with E-state index in [1.807, 2.05) is 0 Å². The lowest BCUT2D eigenvalue weighted by molar-refractivity contribution is 0.138. The minimum Gasteiger partial charge on any atom is -0.361 e. The van der Waals surface area contributed by atoms with Crippen LogP contribution in [0, 0.1) is 11.3 Å². The molecule has 2 aliphatic heterocycles. The van der Waals surface area contributed by atoms with Gasteiger partial charge in [0, 0.05) is 0 Å². The van der Waals surface area contributed by atoms with Crippen molar-refractivity contribution < 1.29 is 9.47 Å². The highest BCUT2D eigenvalue weighted by Gasteiger charge is 2.70. The Morgan fingerprint density at radius 2 is 1.54 bits per heavy atom. The maximum absolute atomic E-state index is 6.35. The first-order chi connectivity index (χ1) is 11.7. The van der Waals surface area contributed by atoms with Crippen molar-refractivity contribution in [1.82, 2.24) is 0 Å². The predicted molar refractivity (Wildman–Crippen MR) is 93.7 cm³/mol. The topological polar surface area (TPSA) is 25.1 Å². The molecule has 24 heavy (non-hydrogen) atoms. The monoisotopic (exact) mass is 324 g/mol. The van der Waals surface area contributed by atoms with Gasteiger partial charge in [0.05, 0.1) is 6.10 Å². The van der Waals surface area contributed by atoms with Crippen molar-refractivity contribution in [3.8, 4) is 0 Å². The third-order valence-electron chi connectivity index (χ3n) is 8.08. The Morgan fingerprint density at radius 3 is 2.29 bits per heavy atom. The molecular formula is C22H28O2. The van der Waals surface area contributed by atoms with E-state index in [0.29, 0.717) is 11.5 Å². The van der Waals surface area contributed by atoms with Gasteiger partial charge in [-0.25, -0.2) is 0 Å². The van der Waals surface area contributed by atoms with Gasteiger partial charge in [0.2, 0.25) is 0 Å². The first kappa shape index (κ1) is 14.3. The second-order valence-electron chi connectivity index (χ2n) is 9.37. The quantitative estimate of drug-likeness (QED) is 0.508. The maximum atomic E-state index is 6.35. The van der Waals surface area contributed by atoms with Crippen molar-refractivity contribution in [2.45, 2.75) is 87.1 Å². The lowest BCUT2D eigenvalue weighted by Gasteiger charge is -2.36. The molecular weight excluding hydrogens is 296 g/mol. The van der Waals surface area contributed by atoms with Crippen molar-refractivity contribution in [1.29, 1.82) is 0 Å². The normalized spacial score (nSPS) is 50.8. The fourth-order valence-electron chi connectivity index (χ4n) is 6.51. The molecule has 0 N–H and O–H groups in total. The Hall–Kier alpha value is -0.860. The average molecular weight is 324 g/mol. The molecule has 0 radical (unpaired) electrons. The summed E-state index contributed by atoms with van der Waals surface area (Å²) in [6, 6.07) is 0. The highest BCUT2D eigenvalue weighted by atomic mass is 16.6. The summed E-state index contributed by atoms with van der Waals surface area (Å²) in [5.41, 5.74) is 0.615. The standard InChI is InChI=1S/C22H28O2/c1-2-6-17(7-3-1)18-20(23-18)13-10-19(16-20)11-14-22(15-12-19)21(24-22)8-4-5-9-21/h4-5,8-10,13,17-18H,1-3,6-7,11-12,14-16H2. The summed E-state index contributed by atoms with van der Waals surface area (Å²) in [6.45, 7) is 0. The van der Waals surface area contributed by atoms with Gasteiger partial charge in [-0.3, -0.25) is 0 Å². The van der Waals surface area contributed by atoms with Gasteiger partial charge in [-0.2, -0.15) is 0 Å². The molecule has 2 saturated carbocycles. The van der Waals surface area contributed by atoms with Crippen molar-refractivity contribution in [3.63, 3.8) is 0 Å². The Labute approximate surface area is 145 Å². The van der Waals surface area contributed by atoms with Crippen LogP contribution in [0.5, 0.6) is 0 Å². The van der Waals surface area contributed by atoms with Crippen LogP contribution in [-0.2, 0) is 9.47 Å². The zero-order valence-electron chi connectivity index (χ0n) is 14.5. The van der Waals surface area contributed by atoms with Gasteiger partial charge in [-0.1, -0.05) is 43.6 Å². The van der Waals surface area contributed by atoms with E-state index in [1.54, 1.807) is 0 Å². The first-order valence-corrected chi connectivity index (χ1v) is 10.1. The Bertz CT molecular complexity index is 631. The average Bonchev–Trinajstić information content (AvgIpc) is 3.29. The molecule has 0 aromatic rings. The smallest absolute Gasteiger partial charge is 0.135 e. The van der Waals surface area contributed by atoms with E-state index < -0.39 is 0 Å². The second-order valence-corrected chi connectivity index (χ2v) is 9.37. The molecule has 0 bridgehead atoms. The minimum absolute atomic E-state index is 0.0324. The molecule has 2 atom stereocenters. The van der Waals surface area contributed by atoms with Crippen LogP contribution < -0.4 is 0 Å². The summed E-state index contributed by atoms with van der Waals surface area (Å²) in [5.74, 6) is 0.831. The number of epoxide rings is 2. The van der Waals surface area contributed by atoms with Crippen LogP contribution in [0.2, 0.25) is 0 Å². The van der Waals surface area contributed by atoms with Gasteiger partial charge in [0.1, 0.15) is 16.8 Å². The number of fused-ring (bicyclic) bond motifs is 1. The Balaban J connectivity index is 1.13. The summed E-state index contributed by atoms with van der Waals surface area (Å²) in [5, 5.41) is 0. The van der Waals surface area contributed by atoms with E-state index in [0.717, 1.165) is 5.92 Å². The van der Waals surface area contributed by atoms with E-state index in [1.165, 1.54) is 64.2 Å². The number of hydrogen-bond acceptors (Lipinski definition) is 2. The van der Waals surface area contributed by atoms with Crippen LogP contribution in [-0.4, -0.2) is 22.9 Å². The molecule has 4 aliphatic carbocycles. The molecule has 0 aromatic heterocycles. The Kier molecular flexibility index (Phi) is 2.66. The molecule has 2 unspecified atom stereocenters. The summed E-state index contributed by atoms with van der Waals surface area (Å²) in [4.78, 5) is 0.